The summed E-state index contributed by atoms with van der Waals surface area (Å²) in [7, 11) is 0. The summed E-state index contributed by atoms with van der Waals surface area (Å²) in [6.45, 7) is 2.26. The van der Waals surface area contributed by atoms with Gasteiger partial charge in [0.05, 0.1) is 0 Å². The predicted octanol–water partition coefficient (Wildman–Crippen LogP) is 4.95. The summed E-state index contributed by atoms with van der Waals surface area (Å²) in [6, 6.07) is 16.0. The van der Waals surface area contributed by atoms with Crippen LogP contribution in [0.1, 0.15) is 18.1 Å². The number of nitrogens with zero attached hydrogens (tertiary/aromatic N) is 1. The lowest BCUT2D eigenvalue weighted by Gasteiger charge is -2.07. The van der Waals surface area contributed by atoms with Gasteiger partial charge in [0, 0.05) is 34.2 Å². The molecule has 0 aliphatic rings. The van der Waals surface area contributed by atoms with E-state index in [4.69, 9.17) is 11.6 Å². The Morgan fingerprint density at radius 1 is 1.14 bits per heavy atom. The van der Waals surface area contributed by atoms with Crippen LogP contribution in [0.15, 0.2) is 60.8 Å². The van der Waals surface area contributed by atoms with Gasteiger partial charge < -0.3 is 4.57 Å². The monoisotopic (exact) mass is 309 g/mol. The maximum atomic E-state index is 11.2. The Bertz CT molecular complexity index is 861. The second-order valence-corrected chi connectivity index (χ2v) is 5.67. The predicted molar refractivity (Wildman–Crippen MR) is 92.2 cm³/mol. The average Bonchev–Trinajstić information content (AvgIpc) is 2.86. The minimum absolute atomic E-state index is 0.0444. The molecule has 0 atom stereocenters. The summed E-state index contributed by atoms with van der Waals surface area (Å²) in [5.41, 5.74) is 3.25. The summed E-state index contributed by atoms with van der Waals surface area (Å²) in [6.07, 6.45) is 5.53. The molecule has 110 valence electrons. The molecule has 0 radical (unpaired) electrons. The second kappa shape index (κ2) is 6.20. The third-order valence-electron chi connectivity index (χ3n) is 3.62. The van der Waals surface area contributed by atoms with E-state index in [1.54, 1.807) is 13.0 Å². The van der Waals surface area contributed by atoms with E-state index in [1.165, 1.54) is 0 Å². The first-order chi connectivity index (χ1) is 10.6. The number of ketones is 1. The smallest absolute Gasteiger partial charge is 0.152 e. The van der Waals surface area contributed by atoms with Crippen LogP contribution in [-0.4, -0.2) is 10.4 Å². The Hall–Kier alpha value is -2.32. The lowest BCUT2D eigenvalue weighted by atomic mass is 10.1. The number of hydrogen-bond acceptors (Lipinski definition) is 1. The number of aromatic nitrogens is 1. The Labute approximate surface area is 134 Å². The molecule has 3 aromatic rings. The Morgan fingerprint density at radius 2 is 1.86 bits per heavy atom. The van der Waals surface area contributed by atoms with Crippen molar-refractivity contribution < 1.29 is 4.79 Å². The van der Waals surface area contributed by atoms with E-state index in [1.807, 2.05) is 42.5 Å². The molecule has 2 aromatic carbocycles. The maximum absolute atomic E-state index is 11.2. The van der Waals surface area contributed by atoms with E-state index >= 15 is 0 Å². The highest BCUT2D eigenvalue weighted by Crippen LogP contribution is 2.25. The zero-order chi connectivity index (χ0) is 15.5. The highest BCUT2D eigenvalue weighted by atomic mass is 35.5. The van der Waals surface area contributed by atoms with Crippen LogP contribution >= 0.6 is 11.6 Å². The largest absolute Gasteiger partial charge is 0.342 e. The van der Waals surface area contributed by atoms with Crippen LogP contribution in [0.25, 0.3) is 17.0 Å². The van der Waals surface area contributed by atoms with Crippen LogP contribution in [0, 0.1) is 0 Å². The molecule has 0 aliphatic heterocycles. The summed E-state index contributed by atoms with van der Waals surface area (Å²) < 4.78 is 2.16. The second-order valence-electron chi connectivity index (χ2n) is 5.26. The van der Waals surface area contributed by atoms with Crippen LogP contribution in [0.3, 0.4) is 0 Å². The van der Waals surface area contributed by atoms with E-state index < -0.39 is 0 Å². The lowest BCUT2D eigenvalue weighted by molar-refractivity contribution is -0.112. The van der Waals surface area contributed by atoms with Crippen LogP contribution in [0.2, 0.25) is 5.02 Å². The average molecular weight is 310 g/mol. The molecule has 0 aliphatic carbocycles. The molecular formula is C19H16ClNO. The van der Waals surface area contributed by atoms with E-state index in [0.29, 0.717) is 6.54 Å². The molecule has 0 amide bonds. The van der Waals surface area contributed by atoms with Gasteiger partial charge in [0.2, 0.25) is 0 Å². The highest BCUT2D eigenvalue weighted by Gasteiger charge is 2.08. The summed E-state index contributed by atoms with van der Waals surface area (Å²) in [4.78, 5) is 11.2. The quantitative estimate of drug-likeness (QED) is 0.625. The first-order valence-electron chi connectivity index (χ1n) is 7.15. The van der Waals surface area contributed by atoms with E-state index in [9.17, 15) is 4.79 Å². The van der Waals surface area contributed by atoms with Gasteiger partial charge >= 0.3 is 0 Å². The van der Waals surface area contributed by atoms with Crippen molar-refractivity contribution in [2.45, 2.75) is 13.5 Å². The molecule has 0 fully saturated rings. The highest BCUT2D eigenvalue weighted by molar-refractivity contribution is 6.31. The van der Waals surface area contributed by atoms with Crippen molar-refractivity contribution in [3.05, 3.63) is 77.0 Å². The third kappa shape index (κ3) is 2.97. The number of carbonyl (C=O) groups is 1. The number of carbonyl (C=O) groups excluding carboxylic acids is 1. The van der Waals surface area contributed by atoms with Gasteiger partial charge in [0.1, 0.15) is 0 Å². The summed E-state index contributed by atoms with van der Waals surface area (Å²) in [5.74, 6) is 0.0444. The fourth-order valence-electron chi connectivity index (χ4n) is 2.56. The van der Waals surface area contributed by atoms with Crippen LogP contribution in [0.5, 0.6) is 0 Å². The number of fused-ring (bicyclic) bond motifs is 1. The van der Waals surface area contributed by atoms with Gasteiger partial charge in [0.25, 0.3) is 0 Å². The molecule has 2 nitrogen and oxygen atoms in total. The zero-order valence-electron chi connectivity index (χ0n) is 12.3. The van der Waals surface area contributed by atoms with Gasteiger partial charge in [-0.3, -0.25) is 4.79 Å². The molecule has 0 saturated carbocycles. The molecule has 3 rings (SSSR count). The zero-order valence-corrected chi connectivity index (χ0v) is 13.0. The van der Waals surface area contributed by atoms with Crippen LogP contribution in [0.4, 0.5) is 0 Å². The Kier molecular flexibility index (Phi) is 4.12. The normalized spacial score (nSPS) is 11.4. The van der Waals surface area contributed by atoms with Crippen molar-refractivity contribution >= 4 is 34.4 Å². The van der Waals surface area contributed by atoms with Crippen molar-refractivity contribution in [3.63, 3.8) is 0 Å². The topological polar surface area (TPSA) is 22.0 Å². The Balaban J connectivity index is 2.07. The molecular weight excluding hydrogens is 294 g/mol. The first-order valence-corrected chi connectivity index (χ1v) is 7.53. The maximum Gasteiger partial charge on any atom is 0.152 e. The molecule has 22 heavy (non-hydrogen) atoms. The van der Waals surface area contributed by atoms with Crippen molar-refractivity contribution in [1.82, 2.24) is 4.57 Å². The summed E-state index contributed by atoms with van der Waals surface area (Å²) in [5, 5.41) is 1.90. The lowest BCUT2D eigenvalue weighted by Crippen LogP contribution is -1.98. The molecule has 0 bridgehead atoms. The van der Waals surface area contributed by atoms with Crippen molar-refractivity contribution in [2.75, 3.05) is 0 Å². The number of benzene rings is 2. The Morgan fingerprint density at radius 3 is 2.64 bits per heavy atom. The van der Waals surface area contributed by atoms with Crippen LogP contribution in [-0.2, 0) is 11.3 Å². The fourth-order valence-corrected chi connectivity index (χ4v) is 2.75. The number of hydrogen-bond donors (Lipinski definition) is 0. The molecule has 1 heterocycles. The third-order valence-corrected chi connectivity index (χ3v) is 3.98. The fraction of sp³-hybridized carbons (Fsp3) is 0.105. The standard InChI is InChI=1S/C19H16ClNO/c1-14(22)10-11-15-12-21(19-9-5-3-7-17(15)19)13-16-6-2-4-8-18(16)20/h2-12H,13H2,1H3. The molecule has 1 aromatic heterocycles. The molecule has 0 N–H and O–H groups in total. The number of para-hydroxylation sites is 1. The summed E-state index contributed by atoms with van der Waals surface area (Å²) >= 11 is 6.26. The molecule has 0 unspecified atom stereocenters. The van der Waals surface area contributed by atoms with Crippen molar-refractivity contribution in [2.24, 2.45) is 0 Å². The van der Waals surface area contributed by atoms with Gasteiger partial charge in [-0.1, -0.05) is 48.0 Å². The van der Waals surface area contributed by atoms with Crippen LogP contribution < -0.4 is 0 Å². The molecule has 0 spiro atoms. The SMILES string of the molecule is CC(=O)C=Cc1cn(Cc2ccccc2Cl)c2ccccc12. The first kappa shape index (κ1) is 14.6. The minimum atomic E-state index is 0.0444. The number of halogens is 1. The van der Waals surface area contributed by atoms with E-state index in [-0.39, 0.29) is 5.78 Å². The van der Waals surface area contributed by atoms with Crippen molar-refractivity contribution in [3.8, 4) is 0 Å². The van der Waals surface area contributed by atoms with Crippen molar-refractivity contribution in [1.29, 1.82) is 0 Å². The number of rotatable bonds is 4. The van der Waals surface area contributed by atoms with E-state index in [2.05, 4.69) is 22.9 Å². The van der Waals surface area contributed by atoms with Gasteiger partial charge in [-0.2, -0.15) is 0 Å². The van der Waals surface area contributed by atoms with E-state index in [0.717, 1.165) is 27.1 Å². The molecule has 0 saturated heterocycles. The van der Waals surface area contributed by atoms with Gasteiger partial charge in [-0.25, -0.2) is 0 Å². The minimum Gasteiger partial charge on any atom is -0.342 e. The molecule has 3 heteroatoms. The van der Waals surface area contributed by atoms with Gasteiger partial charge in [-0.05, 0) is 36.8 Å². The van der Waals surface area contributed by atoms with Gasteiger partial charge in [-0.15, -0.1) is 0 Å². The van der Waals surface area contributed by atoms with Gasteiger partial charge in [0.15, 0.2) is 5.78 Å². The number of allylic oxidation sites excluding steroid dienone is 1.